The Hall–Kier alpha value is -3.57. The molecule has 4 rings (SSSR count). The van der Waals surface area contributed by atoms with Crippen LogP contribution in [-0.2, 0) is 6.54 Å². The van der Waals surface area contributed by atoms with E-state index in [-0.39, 0.29) is 5.91 Å². The van der Waals surface area contributed by atoms with Crippen molar-refractivity contribution >= 4 is 17.5 Å². The minimum absolute atomic E-state index is 0.150. The Balaban J connectivity index is 1.45. The van der Waals surface area contributed by atoms with Gasteiger partial charge in [0.1, 0.15) is 5.75 Å². The number of carbonyl (C=O) groups excluding carboxylic acids is 1. The molecule has 1 heterocycles. The summed E-state index contributed by atoms with van der Waals surface area (Å²) >= 11 is 6.14. The molecule has 0 fully saturated rings. The number of H-pyrrole nitrogens is 1. The standard InChI is InChI=1S/C24H20ClN3O2/c1-30-20-7-4-6-18(13-20)23-14-22(27-28-23)16-9-11-17(12-10-16)24(29)26-15-19-5-2-3-8-21(19)25/h2-14H,15H2,1H3,(H,26,29)(H,27,28). The highest BCUT2D eigenvalue weighted by molar-refractivity contribution is 6.31. The Labute approximate surface area is 179 Å². The molecular weight excluding hydrogens is 398 g/mol. The van der Waals surface area contributed by atoms with Crippen LogP contribution in [0.5, 0.6) is 5.75 Å². The molecule has 0 unspecified atom stereocenters. The zero-order chi connectivity index (χ0) is 20.9. The third-order valence-electron chi connectivity index (χ3n) is 4.80. The molecule has 150 valence electrons. The number of nitrogens with zero attached hydrogens (tertiary/aromatic N) is 1. The van der Waals surface area contributed by atoms with Gasteiger partial charge in [0, 0.05) is 22.7 Å². The van der Waals surface area contributed by atoms with Crippen LogP contribution in [0.2, 0.25) is 5.02 Å². The molecule has 3 aromatic carbocycles. The van der Waals surface area contributed by atoms with Crippen LogP contribution in [0.4, 0.5) is 0 Å². The number of benzene rings is 3. The smallest absolute Gasteiger partial charge is 0.251 e. The van der Waals surface area contributed by atoms with Gasteiger partial charge in [-0.2, -0.15) is 5.10 Å². The van der Waals surface area contributed by atoms with Gasteiger partial charge in [0.15, 0.2) is 0 Å². The topological polar surface area (TPSA) is 67.0 Å². The summed E-state index contributed by atoms with van der Waals surface area (Å²) in [7, 11) is 1.64. The molecule has 0 aliphatic heterocycles. The highest BCUT2D eigenvalue weighted by Gasteiger charge is 2.10. The molecule has 4 aromatic rings. The first-order valence-electron chi connectivity index (χ1n) is 9.46. The van der Waals surface area contributed by atoms with Gasteiger partial charge in [-0.05, 0) is 47.5 Å². The van der Waals surface area contributed by atoms with Gasteiger partial charge in [0.05, 0.1) is 18.5 Å². The Bertz CT molecular complexity index is 1170. The summed E-state index contributed by atoms with van der Waals surface area (Å²) in [5.74, 6) is 0.632. The highest BCUT2D eigenvalue weighted by Crippen LogP contribution is 2.26. The molecule has 0 bridgehead atoms. The van der Waals surface area contributed by atoms with Gasteiger partial charge in [-0.25, -0.2) is 0 Å². The van der Waals surface area contributed by atoms with E-state index in [2.05, 4.69) is 15.5 Å². The fraction of sp³-hybridized carbons (Fsp3) is 0.0833. The number of aromatic nitrogens is 2. The Morgan fingerprint density at radius 3 is 2.57 bits per heavy atom. The number of carbonyl (C=O) groups is 1. The van der Waals surface area contributed by atoms with Crippen LogP contribution >= 0.6 is 11.6 Å². The van der Waals surface area contributed by atoms with Crippen molar-refractivity contribution in [1.82, 2.24) is 15.5 Å². The van der Waals surface area contributed by atoms with Crippen molar-refractivity contribution in [3.63, 3.8) is 0 Å². The van der Waals surface area contributed by atoms with Gasteiger partial charge in [-0.3, -0.25) is 9.89 Å². The zero-order valence-electron chi connectivity index (χ0n) is 16.4. The molecule has 5 nitrogen and oxygen atoms in total. The van der Waals surface area contributed by atoms with E-state index < -0.39 is 0 Å². The number of amides is 1. The van der Waals surface area contributed by atoms with Crippen molar-refractivity contribution in [2.75, 3.05) is 7.11 Å². The summed E-state index contributed by atoms with van der Waals surface area (Å²) in [4.78, 5) is 12.4. The van der Waals surface area contributed by atoms with Gasteiger partial charge in [-0.15, -0.1) is 0 Å². The molecule has 0 saturated heterocycles. The Morgan fingerprint density at radius 1 is 1.00 bits per heavy atom. The molecule has 6 heteroatoms. The first-order chi connectivity index (χ1) is 14.6. The predicted octanol–water partition coefficient (Wildman–Crippen LogP) is 5.34. The summed E-state index contributed by atoms with van der Waals surface area (Å²) < 4.78 is 5.27. The van der Waals surface area contributed by atoms with Crippen LogP contribution in [-0.4, -0.2) is 23.2 Å². The van der Waals surface area contributed by atoms with Crippen molar-refractivity contribution in [2.24, 2.45) is 0 Å². The highest BCUT2D eigenvalue weighted by atomic mass is 35.5. The fourth-order valence-corrected chi connectivity index (χ4v) is 3.32. The SMILES string of the molecule is COc1cccc(-c2cc(-c3ccc(C(=O)NCc4ccccc4Cl)cc3)[nH]n2)c1. The van der Waals surface area contributed by atoms with E-state index in [0.29, 0.717) is 17.1 Å². The zero-order valence-corrected chi connectivity index (χ0v) is 17.1. The van der Waals surface area contributed by atoms with Crippen LogP contribution in [0.15, 0.2) is 78.9 Å². The van der Waals surface area contributed by atoms with Crippen LogP contribution in [0.1, 0.15) is 15.9 Å². The second kappa shape index (κ2) is 8.84. The number of rotatable bonds is 6. The second-order valence-corrected chi connectivity index (χ2v) is 7.16. The maximum absolute atomic E-state index is 12.4. The average Bonchev–Trinajstić information content (AvgIpc) is 3.29. The van der Waals surface area contributed by atoms with Crippen molar-refractivity contribution in [3.8, 4) is 28.3 Å². The van der Waals surface area contributed by atoms with E-state index in [0.717, 1.165) is 33.8 Å². The lowest BCUT2D eigenvalue weighted by atomic mass is 10.1. The number of halogens is 1. The van der Waals surface area contributed by atoms with Crippen molar-refractivity contribution in [2.45, 2.75) is 6.54 Å². The number of hydrogen-bond donors (Lipinski definition) is 2. The molecule has 0 spiro atoms. The molecule has 0 saturated carbocycles. The van der Waals surface area contributed by atoms with Crippen molar-refractivity contribution in [3.05, 3.63) is 95.0 Å². The van der Waals surface area contributed by atoms with Crippen LogP contribution in [0, 0.1) is 0 Å². The largest absolute Gasteiger partial charge is 0.497 e. The van der Waals surface area contributed by atoms with Crippen LogP contribution in [0.25, 0.3) is 22.5 Å². The number of nitrogens with one attached hydrogen (secondary N) is 2. The van der Waals surface area contributed by atoms with E-state index in [1.54, 1.807) is 19.2 Å². The van der Waals surface area contributed by atoms with Gasteiger partial charge in [0.25, 0.3) is 5.91 Å². The molecule has 0 atom stereocenters. The Kier molecular flexibility index (Phi) is 5.82. The molecule has 2 N–H and O–H groups in total. The number of hydrogen-bond acceptors (Lipinski definition) is 3. The summed E-state index contributed by atoms with van der Waals surface area (Å²) in [6.45, 7) is 0.380. The van der Waals surface area contributed by atoms with Gasteiger partial charge in [0.2, 0.25) is 0 Å². The normalized spacial score (nSPS) is 10.6. The first-order valence-corrected chi connectivity index (χ1v) is 9.84. The van der Waals surface area contributed by atoms with E-state index in [4.69, 9.17) is 16.3 Å². The summed E-state index contributed by atoms with van der Waals surface area (Å²) in [6, 6.07) is 24.6. The second-order valence-electron chi connectivity index (χ2n) is 6.75. The average molecular weight is 418 g/mol. The number of aromatic amines is 1. The van der Waals surface area contributed by atoms with E-state index in [1.165, 1.54) is 0 Å². The van der Waals surface area contributed by atoms with Crippen molar-refractivity contribution in [1.29, 1.82) is 0 Å². The summed E-state index contributed by atoms with van der Waals surface area (Å²) in [6.07, 6.45) is 0. The molecule has 30 heavy (non-hydrogen) atoms. The molecular formula is C24H20ClN3O2. The lowest BCUT2D eigenvalue weighted by Crippen LogP contribution is -2.22. The monoisotopic (exact) mass is 417 g/mol. The third kappa shape index (κ3) is 4.36. The lowest BCUT2D eigenvalue weighted by Gasteiger charge is -2.07. The molecule has 0 aliphatic carbocycles. The fourth-order valence-electron chi connectivity index (χ4n) is 3.12. The van der Waals surface area contributed by atoms with Crippen LogP contribution < -0.4 is 10.1 Å². The van der Waals surface area contributed by atoms with E-state index >= 15 is 0 Å². The molecule has 0 aliphatic rings. The Morgan fingerprint density at radius 2 is 1.80 bits per heavy atom. The number of ether oxygens (including phenoxy) is 1. The quantitative estimate of drug-likeness (QED) is 0.445. The van der Waals surface area contributed by atoms with Gasteiger partial charge < -0.3 is 10.1 Å². The molecule has 0 radical (unpaired) electrons. The predicted molar refractivity (Wildman–Crippen MR) is 119 cm³/mol. The lowest BCUT2D eigenvalue weighted by molar-refractivity contribution is 0.0951. The molecule has 1 aromatic heterocycles. The van der Waals surface area contributed by atoms with Crippen molar-refractivity contribution < 1.29 is 9.53 Å². The minimum Gasteiger partial charge on any atom is -0.497 e. The molecule has 1 amide bonds. The van der Waals surface area contributed by atoms with Crippen LogP contribution in [0.3, 0.4) is 0 Å². The van der Waals surface area contributed by atoms with Gasteiger partial charge >= 0.3 is 0 Å². The maximum atomic E-state index is 12.4. The van der Waals surface area contributed by atoms with Gasteiger partial charge in [-0.1, -0.05) is 54.1 Å². The van der Waals surface area contributed by atoms with E-state index in [9.17, 15) is 4.79 Å². The summed E-state index contributed by atoms with van der Waals surface area (Å²) in [5, 5.41) is 11.0. The third-order valence-corrected chi connectivity index (χ3v) is 5.17. The summed E-state index contributed by atoms with van der Waals surface area (Å²) in [5.41, 5.74) is 5.07. The van der Waals surface area contributed by atoms with E-state index in [1.807, 2.05) is 66.7 Å². The minimum atomic E-state index is -0.150. The number of methoxy groups -OCH3 is 1. The first kappa shape index (κ1) is 19.7. The maximum Gasteiger partial charge on any atom is 0.251 e.